The van der Waals surface area contributed by atoms with Crippen molar-refractivity contribution in [2.75, 3.05) is 73.6 Å². The first kappa shape index (κ1) is 22.3. The smallest absolute Gasteiger partial charge is 0.161 e. The van der Waals surface area contributed by atoms with Gasteiger partial charge in [0.15, 0.2) is 11.5 Å². The number of likely N-dealkylation sites (tertiary alicyclic amines) is 1. The van der Waals surface area contributed by atoms with Crippen LogP contribution in [-0.4, -0.2) is 106 Å². The van der Waals surface area contributed by atoms with E-state index in [2.05, 4.69) is 46.2 Å². The fourth-order valence-corrected chi connectivity index (χ4v) is 4.21. The van der Waals surface area contributed by atoms with Crippen LogP contribution in [0, 0.1) is 0 Å². The molecule has 2 fully saturated rings. The molecule has 2 N–H and O–H groups in total. The minimum Gasteiger partial charge on any atom is -0.493 e. The molecule has 0 spiro atoms. The van der Waals surface area contributed by atoms with Gasteiger partial charge in [-0.25, -0.2) is 0 Å². The van der Waals surface area contributed by atoms with Crippen LogP contribution in [0.1, 0.15) is 18.4 Å². The van der Waals surface area contributed by atoms with Crippen LogP contribution in [0.15, 0.2) is 18.2 Å². The summed E-state index contributed by atoms with van der Waals surface area (Å²) < 4.78 is 11.4. The molecule has 0 bridgehead atoms. The van der Waals surface area contributed by atoms with Crippen molar-refractivity contribution in [3.05, 3.63) is 23.8 Å². The molecule has 0 aromatic heterocycles. The molecule has 0 amide bonds. The van der Waals surface area contributed by atoms with Gasteiger partial charge in [-0.3, -0.25) is 4.90 Å². The van der Waals surface area contributed by atoms with E-state index < -0.39 is 6.10 Å². The number of β-amino-alcohol motifs (C(OH)–C–C–N with tert-alkyl or cyclic N) is 1. The van der Waals surface area contributed by atoms with Gasteiger partial charge in [0.1, 0.15) is 12.7 Å². The molecular formula is C22H38N4O3. The van der Waals surface area contributed by atoms with E-state index >= 15 is 0 Å². The van der Waals surface area contributed by atoms with Crippen LogP contribution in [0.2, 0.25) is 0 Å². The minimum atomic E-state index is -0.504. The summed E-state index contributed by atoms with van der Waals surface area (Å²) in [6, 6.07) is 6.77. The summed E-state index contributed by atoms with van der Waals surface area (Å²) in [5, 5.41) is 13.8. The molecule has 1 atom stereocenters. The molecule has 0 aliphatic carbocycles. The molecular weight excluding hydrogens is 368 g/mol. The second kappa shape index (κ2) is 11.1. The summed E-state index contributed by atoms with van der Waals surface area (Å²) in [5.74, 6) is 1.43. The second-order valence-corrected chi connectivity index (χ2v) is 8.47. The number of aliphatic hydroxyl groups is 1. The van der Waals surface area contributed by atoms with E-state index in [0.29, 0.717) is 18.3 Å². The average Bonchev–Trinajstić information content (AvgIpc) is 2.74. The van der Waals surface area contributed by atoms with Crippen molar-refractivity contribution in [3.63, 3.8) is 0 Å². The Balaban J connectivity index is 1.45. The Morgan fingerprint density at radius 1 is 1.10 bits per heavy atom. The van der Waals surface area contributed by atoms with Crippen molar-refractivity contribution in [3.8, 4) is 11.5 Å². The third-order valence-electron chi connectivity index (χ3n) is 6.03. The van der Waals surface area contributed by atoms with Gasteiger partial charge in [-0.1, -0.05) is 6.07 Å². The normalized spacial score (nSPS) is 20.7. The van der Waals surface area contributed by atoms with Crippen molar-refractivity contribution in [2.24, 2.45) is 0 Å². The number of hydrogen-bond acceptors (Lipinski definition) is 7. The van der Waals surface area contributed by atoms with E-state index in [9.17, 15) is 5.11 Å². The third-order valence-corrected chi connectivity index (χ3v) is 6.03. The minimum absolute atomic E-state index is 0.279. The van der Waals surface area contributed by atoms with E-state index in [0.717, 1.165) is 64.4 Å². The van der Waals surface area contributed by atoms with Crippen LogP contribution in [0.5, 0.6) is 11.5 Å². The molecule has 7 nitrogen and oxygen atoms in total. The molecule has 1 aromatic rings. The molecule has 1 unspecified atom stereocenters. The van der Waals surface area contributed by atoms with Crippen molar-refractivity contribution < 1.29 is 14.6 Å². The number of nitrogens with one attached hydrogen (secondary N) is 1. The summed E-state index contributed by atoms with van der Waals surface area (Å²) >= 11 is 0. The van der Waals surface area contributed by atoms with Crippen LogP contribution in [-0.2, 0) is 6.54 Å². The van der Waals surface area contributed by atoms with Gasteiger partial charge in [-0.2, -0.15) is 0 Å². The lowest BCUT2D eigenvalue weighted by Crippen LogP contribution is -2.45. The highest BCUT2D eigenvalue weighted by molar-refractivity contribution is 5.43. The van der Waals surface area contributed by atoms with Gasteiger partial charge in [-0.15, -0.1) is 0 Å². The number of methoxy groups -OCH3 is 1. The fourth-order valence-electron chi connectivity index (χ4n) is 4.21. The number of aliphatic hydroxyl groups excluding tert-OH is 1. The largest absolute Gasteiger partial charge is 0.493 e. The van der Waals surface area contributed by atoms with Crippen LogP contribution >= 0.6 is 0 Å². The quantitative estimate of drug-likeness (QED) is 0.631. The first-order valence-electron chi connectivity index (χ1n) is 10.8. The highest BCUT2D eigenvalue weighted by Gasteiger charge is 2.22. The molecule has 7 heteroatoms. The highest BCUT2D eigenvalue weighted by Crippen LogP contribution is 2.29. The predicted molar refractivity (Wildman–Crippen MR) is 116 cm³/mol. The molecule has 2 saturated heterocycles. The molecule has 164 valence electrons. The number of piperidine rings is 1. The second-order valence-electron chi connectivity index (χ2n) is 8.47. The standard InChI is InChI=1S/C22H38N4O3/c1-24(2)19-6-10-25(11-7-19)16-20(27)17-29-21-5-4-18(14-22(21)28-3)15-26-12-8-23-9-13-26/h4-5,14,19-20,23,27H,6-13,15-17H2,1-3H3. The maximum atomic E-state index is 10.4. The first-order valence-corrected chi connectivity index (χ1v) is 10.8. The summed E-state index contributed by atoms with van der Waals surface area (Å²) in [7, 11) is 5.96. The lowest BCUT2D eigenvalue weighted by molar-refractivity contribution is 0.0499. The summed E-state index contributed by atoms with van der Waals surface area (Å²) in [6.45, 7) is 8.14. The lowest BCUT2D eigenvalue weighted by Gasteiger charge is -2.35. The summed E-state index contributed by atoms with van der Waals surface area (Å²) in [6.07, 6.45) is 1.81. The molecule has 3 rings (SSSR count). The maximum absolute atomic E-state index is 10.4. The Labute approximate surface area is 175 Å². The van der Waals surface area contributed by atoms with Gasteiger partial charge >= 0.3 is 0 Å². The molecule has 0 radical (unpaired) electrons. The molecule has 2 aliphatic rings. The van der Waals surface area contributed by atoms with Gasteiger partial charge in [0.05, 0.1) is 7.11 Å². The topological polar surface area (TPSA) is 60.4 Å². The van der Waals surface area contributed by atoms with E-state index in [1.165, 1.54) is 5.56 Å². The van der Waals surface area contributed by atoms with Gasteiger partial charge < -0.3 is 29.7 Å². The number of nitrogens with zero attached hydrogens (tertiary/aromatic N) is 3. The Kier molecular flexibility index (Phi) is 8.56. The maximum Gasteiger partial charge on any atom is 0.161 e. The SMILES string of the molecule is COc1cc(CN2CCNCC2)ccc1OCC(O)CN1CCC(N(C)C)CC1. The Morgan fingerprint density at radius 2 is 1.83 bits per heavy atom. The van der Waals surface area contributed by atoms with Gasteiger partial charge in [0, 0.05) is 45.3 Å². The Bertz CT molecular complexity index is 614. The summed E-state index contributed by atoms with van der Waals surface area (Å²) in [5.41, 5.74) is 1.22. The van der Waals surface area contributed by atoms with Gasteiger partial charge in [-0.05, 0) is 57.7 Å². The first-order chi connectivity index (χ1) is 14.0. The molecule has 2 aliphatic heterocycles. The number of rotatable bonds is 9. The van der Waals surface area contributed by atoms with E-state index in [-0.39, 0.29) is 6.61 Å². The predicted octanol–water partition coefficient (Wildman–Crippen LogP) is 0.866. The van der Waals surface area contributed by atoms with Crippen molar-refractivity contribution in [2.45, 2.75) is 31.5 Å². The van der Waals surface area contributed by atoms with Crippen LogP contribution in [0.3, 0.4) is 0 Å². The highest BCUT2D eigenvalue weighted by atomic mass is 16.5. The zero-order valence-corrected chi connectivity index (χ0v) is 18.3. The molecule has 0 saturated carbocycles. The zero-order valence-electron chi connectivity index (χ0n) is 18.3. The van der Waals surface area contributed by atoms with Crippen LogP contribution in [0.4, 0.5) is 0 Å². The fraction of sp³-hybridized carbons (Fsp3) is 0.727. The van der Waals surface area contributed by atoms with Gasteiger partial charge in [0.25, 0.3) is 0 Å². The zero-order chi connectivity index (χ0) is 20.6. The number of ether oxygens (including phenoxy) is 2. The average molecular weight is 407 g/mol. The number of benzene rings is 1. The van der Waals surface area contributed by atoms with Gasteiger partial charge in [0.2, 0.25) is 0 Å². The van der Waals surface area contributed by atoms with E-state index in [4.69, 9.17) is 9.47 Å². The molecule has 1 aromatic carbocycles. The van der Waals surface area contributed by atoms with Crippen molar-refractivity contribution >= 4 is 0 Å². The molecule has 2 heterocycles. The van der Waals surface area contributed by atoms with Crippen LogP contribution < -0.4 is 14.8 Å². The monoisotopic (exact) mass is 406 g/mol. The Hall–Kier alpha value is -1.38. The third kappa shape index (κ3) is 6.83. The van der Waals surface area contributed by atoms with Crippen LogP contribution in [0.25, 0.3) is 0 Å². The molecule has 29 heavy (non-hydrogen) atoms. The number of hydrogen-bond donors (Lipinski definition) is 2. The Morgan fingerprint density at radius 3 is 2.48 bits per heavy atom. The lowest BCUT2D eigenvalue weighted by atomic mass is 10.0. The van der Waals surface area contributed by atoms with E-state index in [1.807, 2.05) is 6.07 Å². The van der Waals surface area contributed by atoms with Crippen molar-refractivity contribution in [1.82, 2.24) is 20.0 Å². The van der Waals surface area contributed by atoms with Crippen molar-refractivity contribution in [1.29, 1.82) is 0 Å². The van der Waals surface area contributed by atoms with E-state index in [1.54, 1.807) is 7.11 Å². The summed E-state index contributed by atoms with van der Waals surface area (Å²) in [4.78, 5) is 7.08. The number of piperazine rings is 1.